The fourth-order valence-corrected chi connectivity index (χ4v) is 2.44. The highest BCUT2D eigenvalue weighted by molar-refractivity contribution is 6.10. The second kappa shape index (κ2) is 7.45. The molecule has 0 saturated heterocycles. The molecule has 0 unspecified atom stereocenters. The summed E-state index contributed by atoms with van der Waals surface area (Å²) < 4.78 is 1.63. The highest BCUT2D eigenvalue weighted by Crippen LogP contribution is 2.18. The maximum absolute atomic E-state index is 12.4. The highest BCUT2D eigenvalue weighted by atomic mass is 16.1. The second-order valence-corrected chi connectivity index (χ2v) is 5.87. The molecule has 2 aromatic carbocycles. The number of nitrogens with zero attached hydrogens (tertiary/aromatic N) is 4. The van der Waals surface area contributed by atoms with Crippen LogP contribution in [0.4, 0.5) is 5.69 Å². The standard InChI is InChI=1S/C20H17N5O/c1-14-3-4-15(2)19(9-14)24-20(26)17(11-21)10-16-5-7-18(8-6-16)25-13-22-12-23-25/h3-10,12-13H,1-2H3,(H,24,26)/b17-10-. The van der Waals surface area contributed by atoms with Crippen molar-refractivity contribution in [2.75, 3.05) is 5.32 Å². The van der Waals surface area contributed by atoms with E-state index < -0.39 is 5.91 Å². The van der Waals surface area contributed by atoms with Crippen molar-refractivity contribution < 1.29 is 4.79 Å². The number of anilines is 1. The van der Waals surface area contributed by atoms with E-state index in [1.165, 1.54) is 6.33 Å². The maximum atomic E-state index is 12.4. The number of rotatable bonds is 4. The summed E-state index contributed by atoms with van der Waals surface area (Å²) in [6.45, 7) is 3.86. The first-order chi connectivity index (χ1) is 12.6. The van der Waals surface area contributed by atoms with E-state index in [1.807, 2.05) is 62.4 Å². The molecule has 6 heteroatoms. The summed E-state index contributed by atoms with van der Waals surface area (Å²) in [7, 11) is 0. The van der Waals surface area contributed by atoms with Crippen molar-refractivity contribution in [3.8, 4) is 11.8 Å². The third-order valence-corrected chi connectivity index (χ3v) is 3.89. The Balaban J connectivity index is 1.80. The Labute approximate surface area is 151 Å². The molecule has 0 bridgehead atoms. The van der Waals surface area contributed by atoms with Crippen LogP contribution in [0, 0.1) is 25.2 Å². The number of amides is 1. The van der Waals surface area contributed by atoms with Crippen LogP contribution in [0.2, 0.25) is 0 Å². The number of hydrogen-bond acceptors (Lipinski definition) is 4. The van der Waals surface area contributed by atoms with Crippen LogP contribution in [0.3, 0.4) is 0 Å². The zero-order chi connectivity index (χ0) is 18.5. The molecule has 6 nitrogen and oxygen atoms in total. The molecule has 0 spiro atoms. The van der Waals surface area contributed by atoms with E-state index in [-0.39, 0.29) is 5.57 Å². The minimum absolute atomic E-state index is 0.0411. The van der Waals surface area contributed by atoms with Gasteiger partial charge in [0.15, 0.2) is 0 Å². The molecule has 0 saturated carbocycles. The third-order valence-electron chi connectivity index (χ3n) is 3.89. The number of aromatic nitrogens is 3. The number of benzene rings is 2. The minimum Gasteiger partial charge on any atom is -0.321 e. The van der Waals surface area contributed by atoms with Gasteiger partial charge in [0.05, 0.1) is 5.69 Å². The predicted molar refractivity (Wildman–Crippen MR) is 99.5 cm³/mol. The van der Waals surface area contributed by atoms with Gasteiger partial charge in [-0.25, -0.2) is 9.67 Å². The van der Waals surface area contributed by atoms with Gasteiger partial charge in [-0.3, -0.25) is 4.79 Å². The quantitative estimate of drug-likeness (QED) is 0.581. The van der Waals surface area contributed by atoms with E-state index in [0.29, 0.717) is 5.69 Å². The van der Waals surface area contributed by atoms with Crippen molar-refractivity contribution in [2.24, 2.45) is 0 Å². The molecule has 26 heavy (non-hydrogen) atoms. The number of nitriles is 1. The fourth-order valence-electron chi connectivity index (χ4n) is 2.44. The van der Waals surface area contributed by atoms with Gasteiger partial charge in [0.25, 0.3) is 5.91 Å². The smallest absolute Gasteiger partial charge is 0.266 e. The first-order valence-electron chi connectivity index (χ1n) is 8.02. The van der Waals surface area contributed by atoms with Crippen LogP contribution in [0.5, 0.6) is 0 Å². The first-order valence-corrected chi connectivity index (χ1v) is 8.02. The van der Waals surface area contributed by atoms with Gasteiger partial charge in [0, 0.05) is 5.69 Å². The lowest BCUT2D eigenvalue weighted by molar-refractivity contribution is -0.112. The van der Waals surface area contributed by atoms with Crippen LogP contribution in [0.25, 0.3) is 11.8 Å². The molecule has 1 heterocycles. The van der Waals surface area contributed by atoms with Gasteiger partial charge in [0.2, 0.25) is 0 Å². The van der Waals surface area contributed by atoms with Crippen LogP contribution < -0.4 is 5.32 Å². The van der Waals surface area contributed by atoms with Crippen molar-refractivity contribution in [1.29, 1.82) is 5.26 Å². The van der Waals surface area contributed by atoms with Gasteiger partial charge in [-0.2, -0.15) is 10.4 Å². The topological polar surface area (TPSA) is 83.6 Å². The Hall–Kier alpha value is -3.72. The van der Waals surface area contributed by atoms with Gasteiger partial charge in [-0.05, 0) is 54.8 Å². The molecule has 0 atom stereocenters. The van der Waals surface area contributed by atoms with E-state index in [0.717, 1.165) is 22.4 Å². The van der Waals surface area contributed by atoms with Crippen molar-refractivity contribution in [3.05, 3.63) is 77.4 Å². The molecular formula is C20H17N5O. The van der Waals surface area contributed by atoms with Gasteiger partial charge in [-0.1, -0.05) is 24.3 Å². The van der Waals surface area contributed by atoms with E-state index in [9.17, 15) is 10.1 Å². The summed E-state index contributed by atoms with van der Waals surface area (Å²) in [5, 5.41) is 16.2. The van der Waals surface area contributed by atoms with Crippen LogP contribution in [0.1, 0.15) is 16.7 Å². The van der Waals surface area contributed by atoms with Crippen LogP contribution >= 0.6 is 0 Å². The second-order valence-electron chi connectivity index (χ2n) is 5.87. The van der Waals surface area contributed by atoms with Crippen LogP contribution in [0.15, 0.2) is 60.7 Å². The molecule has 3 aromatic rings. The van der Waals surface area contributed by atoms with Gasteiger partial charge < -0.3 is 5.32 Å². The van der Waals surface area contributed by atoms with Gasteiger partial charge >= 0.3 is 0 Å². The Morgan fingerprint density at radius 3 is 2.62 bits per heavy atom. The fraction of sp³-hybridized carbons (Fsp3) is 0.100. The Kier molecular flexibility index (Phi) is 4.90. The number of carbonyl (C=O) groups is 1. The van der Waals surface area contributed by atoms with E-state index in [1.54, 1.807) is 17.1 Å². The summed E-state index contributed by atoms with van der Waals surface area (Å²) in [6, 6.07) is 15.1. The van der Waals surface area contributed by atoms with Crippen molar-refractivity contribution >= 4 is 17.7 Å². The number of hydrogen-bond donors (Lipinski definition) is 1. The molecular weight excluding hydrogens is 326 g/mol. The molecule has 3 rings (SSSR count). The summed E-state index contributed by atoms with van der Waals surface area (Å²) in [4.78, 5) is 16.3. The monoisotopic (exact) mass is 343 g/mol. The molecule has 0 aliphatic rings. The van der Waals surface area contributed by atoms with Crippen LogP contribution in [-0.2, 0) is 4.79 Å². The lowest BCUT2D eigenvalue weighted by Gasteiger charge is -2.09. The average molecular weight is 343 g/mol. The van der Waals surface area contributed by atoms with Gasteiger partial charge in [-0.15, -0.1) is 0 Å². The summed E-state index contributed by atoms with van der Waals surface area (Å²) >= 11 is 0. The Bertz CT molecular complexity index is 996. The summed E-state index contributed by atoms with van der Waals surface area (Å²) in [6.07, 6.45) is 4.62. The lowest BCUT2D eigenvalue weighted by Crippen LogP contribution is -2.14. The van der Waals surface area contributed by atoms with Crippen molar-refractivity contribution in [3.63, 3.8) is 0 Å². The zero-order valence-electron chi connectivity index (χ0n) is 14.5. The number of nitrogens with one attached hydrogen (secondary N) is 1. The Morgan fingerprint density at radius 2 is 1.96 bits per heavy atom. The maximum Gasteiger partial charge on any atom is 0.266 e. The number of aryl methyl sites for hydroxylation is 2. The molecule has 1 amide bonds. The largest absolute Gasteiger partial charge is 0.321 e. The summed E-state index contributed by atoms with van der Waals surface area (Å²) in [5.74, 6) is -0.429. The van der Waals surface area contributed by atoms with Crippen molar-refractivity contribution in [1.82, 2.24) is 14.8 Å². The molecule has 0 aliphatic heterocycles. The van der Waals surface area contributed by atoms with Crippen molar-refractivity contribution in [2.45, 2.75) is 13.8 Å². The van der Waals surface area contributed by atoms with Gasteiger partial charge in [0.1, 0.15) is 24.3 Å². The highest BCUT2D eigenvalue weighted by Gasteiger charge is 2.11. The zero-order valence-corrected chi connectivity index (χ0v) is 14.5. The SMILES string of the molecule is Cc1ccc(C)c(NC(=O)/C(C#N)=C\c2ccc(-n3cncn3)cc2)c1. The molecule has 128 valence electrons. The minimum atomic E-state index is -0.429. The third kappa shape index (κ3) is 3.84. The van der Waals surface area contributed by atoms with Crippen LogP contribution in [-0.4, -0.2) is 20.7 Å². The molecule has 0 fully saturated rings. The lowest BCUT2D eigenvalue weighted by atomic mass is 10.1. The van der Waals surface area contributed by atoms with E-state index in [2.05, 4.69) is 15.4 Å². The Morgan fingerprint density at radius 1 is 1.19 bits per heavy atom. The first kappa shape index (κ1) is 17.1. The summed E-state index contributed by atoms with van der Waals surface area (Å²) in [5.41, 5.74) is 4.33. The average Bonchev–Trinajstić information content (AvgIpc) is 3.18. The molecule has 1 aromatic heterocycles. The molecule has 0 aliphatic carbocycles. The predicted octanol–water partition coefficient (Wildman–Crippen LogP) is 3.43. The van der Waals surface area contributed by atoms with E-state index in [4.69, 9.17) is 0 Å². The van der Waals surface area contributed by atoms with E-state index >= 15 is 0 Å². The molecule has 0 radical (unpaired) electrons. The number of carbonyl (C=O) groups excluding carboxylic acids is 1. The molecule has 1 N–H and O–H groups in total. The normalized spacial score (nSPS) is 11.0.